The van der Waals surface area contributed by atoms with Crippen LogP contribution in [0.25, 0.3) is 10.2 Å². The van der Waals surface area contributed by atoms with Crippen molar-refractivity contribution in [1.29, 1.82) is 0 Å². The van der Waals surface area contributed by atoms with Gasteiger partial charge >= 0.3 is 0 Å². The Morgan fingerprint density at radius 2 is 1.94 bits per heavy atom. The van der Waals surface area contributed by atoms with Crippen LogP contribution >= 0.6 is 34.7 Å². The number of aliphatic hydroxyl groups is 1. The van der Waals surface area contributed by atoms with E-state index in [9.17, 15) is 14.7 Å². The molecule has 0 spiro atoms. The van der Waals surface area contributed by atoms with Gasteiger partial charge in [-0.05, 0) is 35.9 Å². The smallest absolute Gasteiger partial charge is 0.257 e. The van der Waals surface area contributed by atoms with Crippen molar-refractivity contribution in [2.45, 2.75) is 24.2 Å². The maximum absolute atomic E-state index is 13.0. The zero-order chi connectivity index (χ0) is 24.8. The fourth-order valence-corrected chi connectivity index (χ4v) is 5.46. The standard InChI is InChI=1S/C26H25ClN2O4S2/c1-29-13-23(25(32)28-12-17-7-9-18(27)10-8-17)24(31)22-11-21(35-26(22)29)15-33-14-19(30)16-34-20-5-3-2-4-6-20/h2-11,13,19,30H,12,14-16H2,1H3,(H,28,32)/t19-/m1/s1. The van der Waals surface area contributed by atoms with Crippen LogP contribution in [0.4, 0.5) is 0 Å². The summed E-state index contributed by atoms with van der Waals surface area (Å²) in [7, 11) is 1.81. The number of benzene rings is 2. The summed E-state index contributed by atoms with van der Waals surface area (Å²) in [6.45, 7) is 0.775. The van der Waals surface area contributed by atoms with Crippen LogP contribution in [0.5, 0.6) is 0 Å². The van der Waals surface area contributed by atoms with Gasteiger partial charge in [0.1, 0.15) is 10.4 Å². The van der Waals surface area contributed by atoms with E-state index < -0.39 is 12.0 Å². The van der Waals surface area contributed by atoms with Crippen molar-refractivity contribution in [2.75, 3.05) is 12.4 Å². The lowest BCUT2D eigenvalue weighted by molar-refractivity contribution is 0.0409. The molecular formula is C26H25ClN2O4S2. The van der Waals surface area contributed by atoms with Crippen LogP contribution in [0.3, 0.4) is 0 Å². The number of ether oxygens (including phenoxy) is 1. The molecule has 4 aromatic rings. The average Bonchev–Trinajstić information content (AvgIpc) is 3.30. The molecule has 0 aliphatic carbocycles. The zero-order valence-corrected chi connectivity index (χ0v) is 21.5. The van der Waals surface area contributed by atoms with E-state index in [4.69, 9.17) is 16.3 Å². The highest BCUT2D eigenvalue weighted by molar-refractivity contribution is 7.99. The molecular weight excluding hydrogens is 504 g/mol. The van der Waals surface area contributed by atoms with E-state index in [1.54, 1.807) is 40.7 Å². The molecule has 0 saturated heterocycles. The van der Waals surface area contributed by atoms with E-state index >= 15 is 0 Å². The Balaban J connectivity index is 1.36. The minimum absolute atomic E-state index is 0.0904. The van der Waals surface area contributed by atoms with Crippen molar-refractivity contribution in [3.05, 3.63) is 98.1 Å². The van der Waals surface area contributed by atoms with Gasteiger partial charge in [-0.15, -0.1) is 23.1 Å². The number of aryl methyl sites for hydroxylation is 1. The fourth-order valence-electron chi connectivity index (χ4n) is 3.48. The molecule has 4 rings (SSSR count). The first-order valence-electron chi connectivity index (χ1n) is 11.0. The van der Waals surface area contributed by atoms with Crippen molar-refractivity contribution < 1.29 is 14.6 Å². The number of carbonyl (C=O) groups is 1. The quantitative estimate of drug-likeness (QED) is 0.287. The highest BCUT2D eigenvalue weighted by Crippen LogP contribution is 2.24. The summed E-state index contributed by atoms with van der Waals surface area (Å²) >= 11 is 8.91. The van der Waals surface area contributed by atoms with Crippen LogP contribution < -0.4 is 10.7 Å². The van der Waals surface area contributed by atoms with Gasteiger partial charge < -0.3 is 19.7 Å². The number of carbonyl (C=O) groups excluding carboxylic acids is 1. The van der Waals surface area contributed by atoms with Crippen molar-refractivity contribution in [3.63, 3.8) is 0 Å². The molecule has 9 heteroatoms. The summed E-state index contributed by atoms with van der Waals surface area (Å²) in [6.07, 6.45) is 0.963. The molecule has 0 unspecified atom stereocenters. The van der Waals surface area contributed by atoms with Gasteiger partial charge in [-0.3, -0.25) is 9.59 Å². The largest absolute Gasteiger partial charge is 0.390 e. The first kappa shape index (κ1) is 25.5. The Labute approximate surface area is 216 Å². The number of halogens is 1. The molecule has 182 valence electrons. The number of thiophene rings is 1. The van der Waals surface area contributed by atoms with E-state index in [-0.39, 0.29) is 24.2 Å². The Morgan fingerprint density at radius 3 is 2.69 bits per heavy atom. The summed E-state index contributed by atoms with van der Waals surface area (Å²) in [6, 6.07) is 18.8. The lowest BCUT2D eigenvalue weighted by Crippen LogP contribution is -2.29. The van der Waals surface area contributed by atoms with Gasteiger partial charge in [0.15, 0.2) is 0 Å². The molecule has 0 fully saturated rings. The average molecular weight is 529 g/mol. The third-order valence-electron chi connectivity index (χ3n) is 5.25. The SMILES string of the molecule is Cn1cc(C(=O)NCc2ccc(Cl)cc2)c(=O)c2cc(COC[C@@H](O)CSc3ccccc3)sc21. The predicted octanol–water partition coefficient (Wildman–Crippen LogP) is 4.85. The minimum atomic E-state index is -0.600. The summed E-state index contributed by atoms with van der Waals surface area (Å²) in [5.74, 6) is 0.107. The number of aromatic nitrogens is 1. The molecule has 0 aliphatic heterocycles. The maximum Gasteiger partial charge on any atom is 0.257 e. The number of fused-ring (bicyclic) bond motifs is 1. The Morgan fingerprint density at radius 1 is 1.20 bits per heavy atom. The second-order valence-corrected chi connectivity index (χ2v) is 10.7. The number of pyridine rings is 1. The van der Waals surface area contributed by atoms with Gasteiger partial charge in [-0.25, -0.2) is 0 Å². The lowest BCUT2D eigenvalue weighted by atomic mass is 10.2. The third kappa shape index (κ3) is 6.74. The Hall–Kier alpha value is -2.62. The van der Waals surface area contributed by atoms with E-state index in [1.165, 1.54) is 11.3 Å². The third-order valence-corrected chi connectivity index (χ3v) is 7.86. The Kier molecular flexibility index (Phi) is 8.64. The summed E-state index contributed by atoms with van der Waals surface area (Å²) in [4.78, 5) is 28.5. The Bertz CT molecular complexity index is 1350. The molecule has 0 saturated carbocycles. The van der Waals surface area contributed by atoms with E-state index in [1.807, 2.05) is 49.5 Å². The second-order valence-electron chi connectivity index (χ2n) is 8.02. The van der Waals surface area contributed by atoms with Crippen LogP contribution in [-0.2, 0) is 24.9 Å². The number of thioether (sulfide) groups is 1. The van der Waals surface area contributed by atoms with E-state index in [0.717, 1.165) is 20.2 Å². The zero-order valence-electron chi connectivity index (χ0n) is 19.1. The first-order chi connectivity index (χ1) is 16.9. The molecule has 1 atom stereocenters. The minimum Gasteiger partial charge on any atom is -0.390 e. The molecule has 0 radical (unpaired) electrons. The summed E-state index contributed by atoms with van der Waals surface area (Å²) in [5.41, 5.74) is 0.668. The van der Waals surface area contributed by atoms with Crippen molar-refractivity contribution in [3.8, 4) is 0 Å². The molecule has 6 nitrogen and oxygen atoms in total. The lowest BCUT2D eigenvalue weighted by Gasteiger charge is -2.10. The predicted molar refractivity (Wildman–Crippen MR) is 143 cm³/mol. The van der Waals surface area contributed by atoms with Crippen molar-refractivity contribution >= 4 is 50.8 Å². The highest BCUT2D eigenvalue weighted by Gasteiger charge is 2.17. The van der Waals surface area contributed by atoms with Gasteiger partial charge in [0.05, 0.1) is 24.7 Å². The van der Waals surface area contributed by atoms with E-state index in [0.29, 0.717) is 22.7 Å². The first-order valence-corrected chi connectivity index (χ1v) is 13.2. The molecule has 2 N–H and O–H groups in total. The number of aliphatic hydroxyl groups excluding tert-OH is 1. The second kappa shape index (κ2) is 11.9. The van der Waals surface area contributed by atoms with Crippen LogP contribution in [0.15, 0.2) is 76.6 Å². The number of hydrogen-bond acceptors (Lipinski definition) is 6. The molecule has 1 amide bonds. The molecule has 0 aliphatic rings. The molecule has 2 heterocycles. The van der Waals surface area contributed by atoms with Crippen molar-refractivity contribution in [2.24, 2.45) is 7.05 Å². The number of rotatable bonds is 10. The van der Waals surface area contributed by atoms with Gasteiger partial charge in [-0.2, -0.15) is 0 Å². The van der Waals surface area contributed by atoms with Crippen molar-refractivity contribution in [1.82, 2.24) is 9.88 Å². The maximum atomic E-state index is 13.0. The van der Waals surface area contributed by atoms with Gasteiger partial charge in [-0.1, -0.05) is 41.9 Å². The normalized spacial score (nSPS) is 12.1. The fraction of sp³-hybridized carbons (Fsp3) is 0.231. The van der Waals surface area contributed by atoms with Crippen LogP contribution in [0.1, 0.15) is 20.8 Å². The van der Waals surface area contributed by atoms with Gasteiger partial charge in [0.25, 0.3) is 5.91 Å². The monoisotopic (exact) mass is 528 g/mol. The molecule has 0 bridgehead atoms. The van der Waals surface area contributed by atoms with E-state index in [2.05, 4.69) is 5.32 Å². The summed E-state index contributed by atoms with van der Waals surface area (Å²) in [5, 5.41) is 14.1. The highest BCUT2D eigenvalue weighted by atomic mass is 35.5. The van der Waals surface area contributed by atoms with Crippen LogP contribution in [0, 0.1) is 0 Å². The topological polar surface area (TPSA) is 80.6 Å². The van der Waals surface area contributed by atoms with Gasteiger partial charge in [0.2, 0.25) is 5.43 Å². The summed E-state index contributed by atoms with van der Waals surface area (Å²) < 4.78 is 7.49. The number of hydrogen-bond donors (Lipinski definition) is 2. The molecule has 2 aromatic carbocycles. The number of amides is 1. The molecule has 2 aromatic heterocycles. The van der Waals surface area contributed by atoms with Crippen LogP contribution in [-0.4, -0.2) is 34.0 Å². The van der Waals surface area contributed by atoms with Crippen LogP contribution in [0.2, 0.25) is 5.02 Å². The van der Waals surface area contributed by atoms with Gasteiger partial charge in [0, 0.05) is 40.3 Å². The molecule has 35 heavy (non-hydrogen) atoms. The number of nitrogens with zero attached hydrogens (tertiary/aromatic N) is 1. The number of nitrogens with one attached hydrogen (secondary N) is 1.